The van der Waals surface area contributed by atoms with Gasteiger partial charge < -0.3 is 23.8 Å². The van der Waals surface area contributed by atoms with Crippen molar-refractivity contribution in [3.05, 3.63) is 58.6 Å². The van der Waals surface area contributed by atoms with Gasteiger partial charge in [-0.1, -0.05) is 26.0 Å². The number of likely N-dealkylation sites (N-methyl/N-ethyl adjacent to an activating group) is 1. The van der Waals surface area contributed by atoms with Crippen molar-refractivity contribution >= 4 is 10.9 Å². The molecule has 0 amide bonds. The number of ether oxygens (including phenoxy) is 2. The Bertz CT molecular complexity index is 1180. The molecule has 6 nitrogen and oxygen atoms in total. The highest BCUT2D eigenvalue weighted by molar-refractivity contribution is 5.89. The Hall–Kier alpha value is -2.90. The lowest BCUT2D eigenvalue weighted by atomic mass is 10.0. The van der Waals surface area contributed by atoms with E-state index >= 15 is 4.39 Å². The van der Waals surface area contributed by atoms with Crippen LogP contribution in [0.2, 0.25) is 0 Å². The molecule has 1 fully saturated rings. The fourth-order valence-electron chi connectivity index (χ4n) is 4.74. The molecule has 0 bridgehead atoms. The van der Waals surface area contributed by atoms with Crippen molar-refractivity contribution in [3.8, 4) is 22.6 Å². The lowest BCUT2D eigenvalue weighted by molar-refractivity contribution is 0.135. The number of rotatable bonds is 10. The van der Waals surface area contributed by atoms with Crippen molar-refractivity contribution in [2.75, 3.05) is 53.0 Å². The number of pyridine rings is 1. The first-order valence-corrected chi connectivity index (χ1v) is 12.6. The van der Waals surface area contributed by atoms with E-state index in [1.54, 1.807) is 13.2 Å². The molecule has 0 aliphatic carbocycles. The highest BCUT2D eigenvalue weighted by Gasteiger charge is 2.19. The molecule has 0 saturated carbocycles. The molecule has 2 aromatic carbocycles. The molecule has 0 atom stereocenters. The Labute approximate surface area is 206 Å². The summed E-state index contributed by atoms with van der Waals surface area (Å²) in [5, 5.41) is 0.0866. The Balaban J connectivity index is 1.70. The first-order valence-electron chi connectivity index (χ1n) is 12.6. The van der Waals surface area contributed by atoms with Crippen LogP contribution < -0.4 is 14.9 Å². The topological polar surface area (TPSA) is 46.9 Å². The van der Waals surface area contributed by atoms with Gasteiger partial charge in [0.05, 0.1) is 24.6 Å². The van der Waals surface area contributed by atoms with Crippen LogP contribution in [0, 0.1) is 5.82 Å². The van der Waals surface area contributed by atoms with E-state index in [-0.39, 0.29) is 10.8 Å². The zero-order valence-corrected chi connectivity index (χ0v) is 21.1. The summed E-state index contributed by atoms with van der Waals surface area (Å²) >= 11 is 0. The molecule has 0 spiro atoms. The number of benzene rings is 2. The van der Waals surface area contributed by atoms with Crippen LogP contribution in [-0.2, 0) is 6.54 Å². The summed E-state index contributed by atoms with van der Waals surface area (Å²) in [7, 11) is 1.60. The van der Waals surface area contributed by atoms with Gasteiger partial charge in [0.15, 0.2) is 5.43 Å². The first kappa shape index (κ1) is 25.2. The molecule has 3 aromatic rings. The molecule has 4 rings (SSSR count). The number of piperazine rings is 1. The minimum Gasteiger partial charge on any atom is -0.497 e. The van der Waals surface area contributed by atoms with Gasteiger partial charge >= 0.3 is 0 Å². The number of aromatic nitrogens is 1. The summed E-state index contributed by atoms with van der Waals surface area (Å²) in [5.74, 6) is 0.742. The maximum Gasteiger partial charge on any atom is 0.200 e. The van der Waals surface area contributed by atoms with Crippen LogP contribution in [0.1, 0.15) is 26.7 Å². The number of nitrogens with zero attached hydrogens (tertiary/aromatic N) is 3. The lowest BCUT2D eigenvalue weighted by Gasteiger charge is -2.34. The van der Waals surface area contributed by atoms with Gasteiger partial charge in [0, 0.05) is 44.5 Å². The van der Waals surface area contributed by atoms with E-state index in [1.165, 1.54) is 6.07 Å². The molecular formula is C28H36FN3O3. The number of aryl methyl sites for hydroxylation is 1. The van der Waals surface area contributed by atoms with Crippen LogP contribution in [0.3, 0.4) is 0 Å². The molecule has 1 aromatic heterocycles. The van der Waals surface area contributed by atoms with Gasteiger partial charge in [-0.15, -0.1) is 0 Å². The molecule has 0 unspecified atom stereocenters. The van der Waals surface area contributed by atoms with Crippen molar-refractivity contribution in [2.24, 2.45) is 0 Å². The fraction of sp³-hybridized carbons (Fsp3) is 0.464. The van der Waals surface area contributed by atoms with Gasteiger partial charge in [0.1, 0.15) is 17.3 Å². The van der Waals surface area contributed by atoms with Gasteiger partial charge in [0.2, 0.25) is 0 Å². The Morgan fingerprint density at radius 1 is 0.943 bits per heavy atom. The van der Waals surface area contributed by atoms with Gasteiger partial charge in [-0.25, -0.2) is 4.39 Å². The summed E-state index contributed by atoms with van der Waals surface area (Å²) in [6.45, 7) is 11.8. The maximum atomic E-state index is 15.1. The monoisotopic (exact) mass is 481 g/mol. The van der Waals surface area contributed by atoms with Gasteiger partial charge in [-0.2, -0.15) is 0 Å². The molecule has 0 radical (unpaired) electrons. The van der Waals surface area contributed by atoms with Crippen LogP contribution >= 0.6 is 0 Å². The average Bonchev–Trinajstić information content (AvgIpc) is 2.89. The Morgan fingerprint density at radius 2 is 1.66 bits per heavy atom. The van der Waals surface area contributed by atoms with Crippen LogP contribution in [-0.4, -0.2) is 67.4 Å². The van der Waals surface area contributed by atoms with Crippen molar-refractivity contribution in [3.63, 3.8) is 0 Å². The van der Waals surface area contributed by atoms with E-state index in [0.717, 1.165) is 57.7 Å². The molecule has 7 heteroatoms. The van der Waals surface area contributed by atoms with Crippen molar-refractivity contribution in [2.45, 2.75) is 33.2 Å². The molecule has 2 heterocycles. The molecule has 1 saturated heterocycles. The largest absolute Gasteiger partial charge is 0.497 e. The predicted molar refractivity (Wildman–Crippen MR) is 139 cm³/mol. The molecular weight excluding hydrogens is 445 g/mol. The minimum atomic E-state index is -0.520. The van der Waals surface area contributed by atoms with Crippen molar-refractivity contribution in [1.82, 2.24) is 14.4 Å². The second-order valence-electron chi connectivity index (χ2n) is 9.04. The number of hydrogen-bond acceptors (Lipinski definition) is 5. The third kappa shape index (κ3) is 5.68. The molecule has 1 aliphatic heterocycles. The van der Waals surface area contributed by atoms with Crippen molar-refractivity contribution in [1.29, 1.82) is 0 Å². The average molecular weight is 482 g/mol. The second-order valence-corrected chi connectivity index (χ2v) is 9.04. The lowest BCUT2D eigenvalue weighted by Crippen LogP contribution is -2.46. The Morgan fingerprint density at radius 3 is 2.31 bits per heavy atom. The van der Waals surface area contributed by atoms with E-state index < -0.39 is 5.82 Å². The molecule has 35 heavy (non-hydrogen) atoms. The van der Waals surface area contributed by atoms with Gasteiger partial charge in [0.25, 0.3) is 0 Å². The molecule has 1 aliphatic rings. The Kier molecular flexibility index (Phi) is 8.42. The highest BCUT2D eigenvalue weighted by Crippen LogP contribution is 2.30. The normalized spacial score (nSPS) is 15.0. The summed E-state index contributed by atoms with van der Waals surface area (Å²) in [6, 6.07) is 10.3. The smallest absolute Gasteiger partial charge is 0.200 e. The number of halogens is 1. The van der Waals surface area contributed by atoms with Crippen LogP contribution in [0.15, 0.2) is 47.4 Å². The molecule has 0 N–H and O–H groups in total. The summed E-state index contributed by atoms with van der Waals surface area (Å²) in [5.41, 5.74) is 1.43. The first-order chi connectivity index (χ1) is 17.0. The zero-order valence-electron chi connectivity index (χ0n) is 21.1. The third-order valence-electron chi connectivity index (χ3n) is 6.78. The number of hydrogen-bond donors (Lipinski definition) is 0. The highest BCUT2D eigenvalue weighted by atomic mass is 19.1. The zero-order chi connectivity index (χ0) is 24.8. The van der Waals surface area contributed by atoms with E-state index in [1.807, 2.05) is 42.0 Å². The SMILES string of the molecule is CCCOc1ccc(F)c2c(=O)c(-c3ccc(OC)cc3)cn(CCCN3CCN(CC)CC3)c12. The van der Waals surface area contributed by atoms with E-state index in [2.05, 4.69) is 16.7 Å². The van der Waals surface area contributed by atoms with Gasteiger partial charge in [-0.3, -0.25) is 4.79 Å². The fourth-order valence-corrected chi connectivity index (χ4v) is 4.74. The number of fused-ring (bicyclic) bond motifs is 1. The van der Waals surface area contributed by atoms with Crippen LogP contribution in [0.5, 0.6) is 11.5 Å². The minimum absolute atomic E-state index is 0.0866. The van der Waals surface area contributed by atoms with Crippen LogP contribution in [0.4, 0.5) is 4.39 Å². The van der Waals surface area contributed by atoms with Crippen LogP contribution in [0.25, 0.3) is 22.0 Å². The van der Waals surface area contributed by atoms with E-state index in [4.69, 9.17) is 9.47 Å². The quantitative estimate of drug-likeness (QED) is 0.423. The van der Waals surface area contributed by atoms with E-state index in [0.29, 0.717) is 35.7 Å². The summed E-state index contributed by atoms with van der Waals surface area (Å²) in [6.07, 6.45) is 3.59. The van der Waals surface area contributed by atoms with Gasteiger partial charge in [-0.05, 0) is 55.8 Å². The third-order valence-corrected chi connectivity index (χ3v) is 6.78. The number of methoxy groups -OCH3 is 1. The molecule has 188 valence electrons. The summed E-state index contributed by atoms with van der Waals surface area (Å²) in [4.78, 5) is 18.5. The summed E-state index contributed by atoms with van der Waals surface area (Å²) < 4.78 is 28.3. The second kappa shape index (κ2) is 11.7. The maximum absolute atomic E-state index is 15.1. The standard InChI is InChI=1S/C28H36FN3O3/c1-4-19-35-25-12-11-24(29)26-27(25)32(14-6-13-31-17-15-30(5-2)16-18-31)20-23(28(26)33)21-7-9-22(34-3)10-8-21/h7-12,20H,4-6,13-19H2,1-3H3. The predicted octanol–water partition coefficient (Wildman–Crippen LogP) is 4.63. The van der Waals surface area contributed by atoms with E-state index in [9.17, 15) is 4.79 Å². The van der Waals surface area contributed by atoms with Crippen molar-refractivity contribution < 1.29 is 13.9 Å².